The van der Waals surface area contributed by atoms with Crippen molar-refractivity contribution in [3.8, 4) is 5.75 Å². The second-order valence-corrected chi connectivity index (χ2v) is 11.1. The molecule has 2 N–H and O–H groups in total. The van der Waals surface area contributed by atoms with E-state index >= 15 is 0 Å². The molecule has 6 nitrogen and oxygen atoms in total. The molecule has 2 saturated heterocycles. The SMILES string of the molecule is CN1CCC2(C)c3cc(O)ccc3C[C@@H]1[C@@H]2NCC1CCN(C(=O)OC(C)(C)C)CC1. The summed E-state index contributed by atoms with van der Waals surface area (Å²) in [5, 5.41) is 14.1. The van der Waals surface area contributed by atoms with Crippen LogP contribution in [0.4, 0.5) is 4.79 Å². The number of nitrogens with one attached hydrogen (secondary N) is 1. The van der Waals surface area contributed by atoms with Gasteiger partial charge in [0.1, 0.15) is 11.4 Å². The zero-order valence-electron chi connectivity index (χ0n) is 19.8. The molecule has 0 radical (unpaired) electrons. The van der Waals surface area contributed by atoms with E-state index in [0.29, 0.717) is 23.8 Å². The smallest absolute Gasteiger partial charge is 0.410 e. The molecule has 172 valence electrons. The Kier molecular flexibility index (Phi) is 5.99. The molecule has 2 bridgehead atoms. The third kappa shape index (κ3) is 4.56. The molecule has 3 aliphatic rings. The number of rotatable bonds is 3. The van der Waals surface area contributed by atoms with Crippen LogP contribution in [0.5, 0.6) is 5.75 Å². The molecule has 1 aromatic carbocycles. The standard InChI is InChI=1S/C25H39N3O3/c1-24(2,3)31-23(30)28-11-8-17(9-12-28)16-26-22-21-14-18-6-7-19(29)15-20(18)25(22,4)10-13-27(21)5/h6-7,15,17,21-22,26,29H,8-14,16H2,1-5H3/t21-,22+,25?/m1/s1. The van der Waals surface area contributed by atoms with Gasteiger partial charge < -0.3 is 25.0 Å². The Hall–Kier alpha value is -1.79. The molecule has 6 heteroatoms. The average Bonchev–Trinajstić information content (AvgIpc) is 2.70. The number of amides is 1. The molecule has 1 amide bonds. The number of likely N-dealkylation sites (N-methyl/N-ethyl adjacent to an activating group) is 1. The lowest BCUT2D eigenvalue weighted by Gasteiger charge is -2.55. The van der Waals surface area contributed by atoms with Crippen LogP contribution in [0.25, 0.3) is 0 Å². The zero-order valence-corrected chi connectivity index (χ0v) is 19.8. The number of ether oxygens (including phenoxy) is 1. The molecule has 0 aromatic heterocycles. The molecule has 4 rings (SSSR count). The predicted octanol–water partition coefficient (Wildman–Crippen LogP) is 3.52. The summed E-state index contributed by atoms with van der Waals surface area (Å²) in [4.78, 5) is 16.7. The number of hydrogen-bond donors (Lipinski definition) is 2. The Morgan fingerprint density at radius 3 is 2.65 bits per heavy atom. The predicted molar refractivity (Wildman–Crippen MR) is 123 cm³/mol. The highest BCUT2D eigenvalue weighted by Gasteiger charge is 2.49. The summed E-state index contributed by atoms with van der Waals surface area (Å²) in [6, 6.07) is 6.76. The monoisotopic (exact) mass is 429 g/mol. The van der Waals surface area contributed by atoms with Crippen LogP contribution < -0.4 is 5.32 Å². The number of fused-ring (bicyclic) bond motifs is 4. The number of nitrogens with zero attached hydrogens (tertiary/aromatic N) is 2. The largest absolute Gasteiger partial charge is 0.508 e. The van der Waals surface area contributed by atoms with Crippen LogP contribution >= 0.6 is 0 Å². The number of benzene rings is 1. The van der Waals surface area contributed by atoms with Gasteiger partial charge in [-0.25, -0.2) is 4.79 Å². The van der Waals surface area contributed by atoms with Gasteiger partial charge in [-0.3, -0.25) is 0 Å². The fraction of sp³-hybridized carbons (Fsp3) is 0.720. The summed E-state index contributed by atoms with van der Waals surface area (Å²) in [6.45, 7) is 11.7. The molecule has 1 aromatic rings. The van der Waals surface area contributed by atoms with Crippen LogP contribution in [-0.4, -0.2) is 71.9 Å². The van der Waals surface area contributed by atoms with E-state index in [2.05, 4.69) is 30.3 Å². The third-order valence-corrected chi connectivity index (χ3v) is 7.65. The fourth-order valence-electron chi connectivity index (χ4n) is 5.79. The van der Waals surface area contributed by atoms with Crippen molar-refractivity contribution in [2.24, 2.45) is 5.92 Å². The second-order valence-electron chi connectivity index (χ2n) is 11.1. The van der Waals surface area contributed by atoms with E-state index < -0.39 is 5.60 Å². The molecule has 2 fully saturated rings. The normalized spacial score (nSPS) is 29.5. The summed E-state index contributed by atoms with van der Waals surface area (Å²) >= 11 is 0. The molecule has 0 spiro atoms. The molecule has 0 saturated carbocycles. The van der Waals surface area contributed by atoms with Crippen LogP contribution in [0, 0.1) is 5.92 Å². The maximum absolute atomic E-state index is 12.3. The first-order valence-electron chi connectivity index (χ1n) is 11.8. The zero-order chi connectivity index (χ0) is 22.4. The lowest BCUT2D eigenvalue weighted by Crippen LogP contribution is -2.66. The second kappa shape index (κ2) is 8.28. The van der Waals surface area contributed by atoms with Crippen molar-refractivity contribution >= 4 is 6.09 Å². The highest BCUT2D eigenvalue weighted by atomic mass is 16.6. The van der Waals surface area contributed by atoms with E-state index in [0.717, 1.165) is 51.9 Å². The highest BCUT2D eigenvalue weighted by molar-refractivity contribution is 5.68. The Bertz CT molecular complexity index is 813. The van der Waals surface area contributed by atoms with Gasteiger partial charge in [-0.2, -0.15) is 0 Å². The van der Waals surface area contributed by atoms with Gasteiger partial charge in [0.2, 0.25) is 0 Å². The van der Waals surface area contributed by atoms with Crippen LogP contribution in [-0.2, 0) is 16.6 Å². The number of carbonyl (C=O) groups is 1. The lowest BCUT2D eigenvalue weighted by molar-refractivity contribution is 0.0174. The van der Waals surface area contributed by atoms with Gasteiger partial charge in [0.25, 0.3) is 0 Å². The third-order valence-electron chi connectivity index (χ3n) is 7.65. The van der Waals surface area contributed by atoms with E-state index in [1.54, 1.807) is 0 Å². The first-order valence-corrected chi connectivity index (χ1v) is 11.8. The van der Waals surface area contributed by atoms with Gasteiger partial charge in [-0.05, 0) is 95.8 Å². The van der Waals surface area contributed by atoms with Crippen molar-refractivity contribution in [3.05, 3.63) is 29.3 Å². The summed E-state index contributed by atoms with van der Waals surface area (Å²) in [5.74, 6) is 0.935. The van der Waals surface area contributed by atoms with Gasteiger partial charge in [-0.1, -0.05) is 13.0 Å². The molecule has 31 heavy (non-hydrogen) atoms. The van der Waals surface area contributed by atoms with E-state index in [-0.39, 0.29) is 11.5 Å². The van der Waals surface area contributed by atoms with Crippen LogP contribution in [0.15, 0.2) is 18.2 Å². The van der Waals surface area contributed by atoms with Crippen LogP contribution in [0.1, 0.15) is 58.1 Å². The highest BCUT2D eigenvalue weighted by Crippen LogP contribution is 2.45. The van der Waals surface area contributed by atoms with Crippen molar-refractivity contribution in [3.63, 3.8) is 0 Å². The van der Waals surface area contributed by atoms with Gasteiger partial charge in [0.15, 0.2) is 0 Å². The molecule has 2 aliphatic heterocycles. The minimum atomic E-state index is -0.444. The van der Waals surface area contributed by atoms with Gasteiger partial charge in [-0.15, -0.1) is 0 Å². The van der Waals surface area contributed by atoms with Crippen molar-refractivity contribution in [2.45, 2.75) is 76.5 Å². The summed E-state index contributed by atoms with van der Waals surface area (Å²) in [5.41, 5.74) is 2.27. The Morgan fingerprint density at radius 1 is 1.26 bits per heavy atom. The topological polar surface area (TPSA) is 65.0 Å². The Morgan fingerprint density at radius 2 is 1.97 bits per heavy atom. The van der Waals surface area contributed by atoms with E-state index in [9.17, 15) is 9.90 Å². The quantitative estimate of drug-likeness (QED) is 0.770. The number of carbonyl (C=O) groups excluding carboxylic acids is 1. The first kappa shape index (κ1) is 22.4. The number of aromatic hydroxyl groups is 1. The molecule has 1 aliphatic carbocycles. The molecule has 3 atom stereocenters. The summed E-state index contributed by atoms with van der Waals surface area (Å²) < 4.78 is 5.53. The van der Waals surface area contributed by atoms with Crippen LogP contribution in [0.3, 0.4) is 0 Å². The van der Waals surface area contributed by atoms with Gasteiger partial charge in [0, 0.05) is 30.6 Å². The molecular formula is C25H39N3O3. The maximum Gasteiger partial charge on any atom is 0.410 e. The van der Waals surface area contributed by atoms with Crippen molar-refractivity contribution in [2.75, 3.05) is 33.2 Å². The van der Waals surface area contributed by atoms with Gasteiger partial charge >= 0.3 is 6.09 Å². The van der Waals surface area contributed by atoms with Crippen molar-refractivity contribution in [1.29, 1.82) is 0 Å². The van der Waals surface area contributed by atoms with Crippen molar-refractivity contribution < 1.29 is 14.6 Å². The first-order chi connectivity index (χ1) is 14.6. The molecule has 2 heterocycles. The van der Waals surface area contributed by atoms with E-state index in [1.165, 1.54) is 11.1 Å². The minimum absolute atomic E-state index is 0.0285. The summed E-state index contributed by atoms with van der Waals surface area (Å²) in [6.07, 6.45) is 3.94. The lowest BCUT2D eigenvalue weighted by atomic mass is 9.61. The molecule has 1 unspecified atom stereocenters. The Labute approximate surface area is 186 Å². The number of piperidine rings is 2. The van der Waals surface area contributed by atoms with Crippen LogP contribution in [0.2, 0.25) is 0 Å². The van der Waals surface area contributed by atoms with E-state index in [4.69, 9.17) is 4.74 Å². The maximum atomic E-state index is 12.3. The summed E-state index contributed by atoms with van der Waals surface area (Å²) in [7, 11) is 2.24. The number of phenols is 1. The Balaban J connectivity index is 1.39. The van der Waals surface area contributed by atoms with Crippen molar-refractivity contribution in [1.82, 2.24) is 15.1 Å². The fourth-order valence-corrected chi connectivity index (χ4v) is 5.79. The number of likely N-dealkylation sites (tertiary alicyclic amines) is 2. The number of hydrogen-bond acceptors (Lipinski definition) is 5. The average molecular weight is 430 g/mol. The minimum Gasteiger partial charge on any atom is -0.508 e. The molecular weight excluding hydrogens is 390 g/mol. The number of phenolic OH excluding ortho intramolecular Hbond substituents is 1. The van der Waals surface area contributed by atoms with E-state index in [1.807, 2.05) is 37.8 Å². The van der Waals surface area contributed by atoms with Gasteiger partial charge in [0.05, 0.1) is 0 Å².